The molecule has 0 amide bonds. The molecule has 20 heavy (non-hydrogen) atoms. The molecule has 104 valence electrons. The number of benzene rings is 1. The minimum Gasteiger partial charge on any atom is -0.399 e. The molecule has 4 aliphatic carbocycles. The van der Waals surface area contributed by atoms with Crippen molar-refractivity contribution >= 4 is 27.2 Å². The predicted octanol–water partition coefficient (Wildman–Crippen LogP) is 4.42. The third kappa shape index (κ3) is 1.59. The van der Waals surface area contributed by atoms with Crippen molar-refractivity contribution in [1.82, 2.24) is 4.98 Å². The van der Waals surface area contributed by atoms with E-state index in [1.165, 1.54) is 41.8 Å². The van der Waals surface area contributed by atoms with Gasteiger partial charge in [-0.2, -0.15) is 0 Å². The van der Waals surface area contributed by atoms with Gasteiger partial charge in [-0.25, -0.2) is 4.98 Å². The van der Waals surface area contributed by atoms with Crippen molar-refractivity contribution in [3.8, 4) is 0 Å². The Hall–Kier alpha value is -1.09. The standard InChI is InChI=1S/C17H20N2S/c18-13-1-2-14-15(8-13)20-17(19-14)16-11-4-9-3-10(6-11)7-12(16)5-9/h1-2,8-12,16H,3-7,18H2. The topological polar surface area (TPSA) is 38.9 Å². The first kappa shape index (κ1) is 11.6. The Bertz CT molecular complexity index is 647. The van der Waals surface area contributed by atoms with Gasteiger partial charge in [0.15, 0.2) is 0 Å². The van der Waals surface area contributed by atoms with E-state index >= 15 is 0 Å². The minimum absolute atomic E-state index is 0.751. The lowest BCUT2D eigenvalue weighted by Crippen LogP contribution is -2.43. The molecule has 0 spiro atoms. The number of rotatable bonds is 1. The van der Waals surface area contributed by atoms with Gasteiger partial charge in [-0.05, 0) is 74.0 Å². The van der Waals surface area contributed by atoms with E-state index in [0.29, 0.717) is 0 Å². The molecule has 0 unspecified atom stereocenters. The number of nitrogens with zero attached hydrogens (tertiary/aromatic N) is 1. The summed E-state index contributed by atoms with van der Waals surface area (Å²) in [5.74, 6) is 4.67. The number of nitrogen functional groups attached to an aromatic ring is 1. The molecule has 2 nitrogen and oxygen atoms in total. The van der Waals surface area contributed by atoms with E-state index in [1.807, 2.05) is 17.4 Å². The highest BCUT2D eigenvalue weighted by atomic mass is 32.1. The van der Waals surface area contributed by atoms with Crippen LogP contribution in [-0.2, 0) is 0 Å². The maximum atomic E-state index is 5.91. The lowest BCUT2D eigenvalue weighted by molar-refractivity contribution is -0.00277. The van der Waals surface area contributed by atoms with E-state index in [0.717, 1.165) is 40.8 Å². The number of anilines is 1. The van der Waals surface area contributed by atoms with Gasteiger partial charge < -0.3 is 5.73 Å². The second-order valence-corrected chi connectivity index (χ2v) is 8.30. The second kappa shape index (κ2) is 3.97. The Labute approximate surface area is 123 Å². The Morgan fingerprint density at radius 1 is 1.00 bits per heavy atom. The van der Waals surface area contributed by atoms with Gasteiger partial charge in [0.2, 0.25) is 0 Å². The number of fused-ring (bicyclic) bond motifs is 1. The van der Waals surface area contributed by atoms with Gasteiger partial charge in [0.25, 0.3) is 0 Å². The molecule has 2 N–H and O–H groups in total. The average Bonchev–Trinajstić information content (AvgIpc) is 2.79. The van der Waals surface area contributed by atoms with E-state index in [9.17, 15) is 0 Å². The number of thiazole rings is 1. The van der Waals surface area contributed by atoms with Crippen LogP contribution in [0.15, 0.2) is 18.2 Å². The van der Waals surface area contributed by atoms with Crippen LogP contribution in [-0.4, -0.2) is 4.98 Å². The highest BCUT2D eigenvalue weighted by Gasteiger charge is 2.49. The molecule has 0 radical (unpaired) electrons. The van der Waals surface area contributed by atoms with Gasteiger partial charge in [-0.3, -0.25) is 0 Å². The summed E-state index contributed by atoms with van der Waals surface area (Å²) < 4.78 is 1.27. The van der Waals surface area contributed by atoms with Gasteiger partial charge in [0, 0.05) is 11.6 Å². The van der Waals surface area contributed by atoms with Gasteiger partial charge >= 0.3 is 0 Å². The number of nitrogens with two attached hydrogens (primary N) is 1. The van der Waals surface area contributed by atoms with Crippen LogP contribution < -0.4 is 5.73 Å². The van der Waals surface area contributed by atoms with Crippen molar-refractivity contribution in [2.45, 2.75) is 38.0 Å². The quantitative estimate of drug-likeness (QED) is 0.787. The SMILES string of the molecule is Nc1ccc2nc(C3C4CC5CC(C4)CC3C5)sc2c1. The molecule has 4 saturated carbocycles. The maximum absolute atomic E-state index is 5.91. The lowest BCUT2D eigenvalue weighted by Gasteiger charge is -2.53. The van der Waals surface area contributed by atoms with Crippen LogP contribution in [0, 0.1) is 23.7 Å². The molecule has 4 fully saturated rings. The molecule has 0 atom stereocenters. The van der Waals surface area contributed by atoms with Crippen LogP contribution in [0.25, 0.3) is 10.2 Å². The molecule has 2 aromatic rings. The van der Waals surface area contributed by atoms with Crippen molar-refractivity contribution in [3.05, 3.63) is 23.2 Å². The zero-order valence-corrected chi connectivity index (χ0v) is 12.4. The van der Waals surface area contributed by atoms with E-state index < -0.39 is 0 Å². The monoisotopic (exact) mass is 284 g/mol. The summed E-state index contributed by atoms with van der Waals surface area (Å²) in [7, 11) is 0. The van der Waals surface area contributed by atoms with Crippen molar-refractivity contribution < 1.29 is 0 Å². The first-order valence-electron chi connectivity index (χ1n) is 7.92. The van der Waals surface area contributed by atoms with Crippen molar-refractivity contribution in [3.63, 3.8) is 0 Å². The largest absolute Gasteiger partial charge is 0.399 e. The smallest absolute Gasteiger partial charge is 0.0975 e. The molecule has 1 aromatic carbocycles. The molecule has 3 heteroatoms. The summed E-state index contributed by atoms with van der Waals surface area (Å²) in [6.45, 7) is 0. The van der Waals surface area contributed by atoms with Gasteiger partial charge in [0.1, 0.15) is 0 Å². The predicted molar refractivity (Wildman–Crippen MR) is 83.8 cm³/mol. The summed E-state index contributed by atoms with van der Waals surface area (Å²) in [6.07, 6.45) is 7.40. The van der Waals surface area contributed by atoms with Crippen LogP contribution >= 0.6 is 11.3 Å². The average molecular weight is 284 g/mol. The van der Waals surface area contributed by atoms with E-state index in [4.69, 9.17) is 10.7 Å². The van der Waals surface area contributed by atoms with E-state index in [-0.39, 0.29) is 0 Å². The first-order valence-corrected chi connectivity index (χ1v) is 8.74. The molecule has 0 saturated heterocycles. The van der Waals surface area contributed by atoms with Gasteiger partial charge in [-0.15, -0.1) is 11.3 Å². The van der Waals surface area contributed by atoms with E-state index in [1.54, 1.807) is 0 Å². The number of aromatic nitrogens is 1. The van der Waals surface area contributed by atoms with Gasteiger partial charge in [-0.1, -0.05) is 0 Å². The zero-order chi connectivity index (χ0) is 13.3. The highest BCUT2D eigenvalue weighted by molar-refractivity contribution is 7.18. The summed E-state index contributed by atoms with van der Waals surface area (Å²) in [5, 5.41) is 1.40. The van der Waals surface area contributed by atoms with Crippen molar-refractivity contribution in [1.29, 1.82) is 0 Å². The molecule has 1 heterocycles. The minimum atomic E-state index is 0.751. The Balaban J connectivity index is 1.57. The molecule has 6 rings (SSSR count). The van der Waals surface area contributed by atoms with Crippen LogP contribution in [0.3, 0.4) is 0 Å². The second-order valence-electron chi connectivity index (χ2n) is 7.24. The fourth-order valence-corrected chi connectivity index (χ4v) is 6.73. The normalized spacial score (nSPS) is 38.7. The van der Waals surface area contributed by atoms with Crippen LogP contribution in [0.2, 0.25) is 0 Å². The first-order chi connectivity index (χ1) is 9.76. The summed E-state index contributed by atoms with van der Waals surface area (Å²) in [4.78, 5) is 4.96. The molecule has 4 aliphatic rings. The molecular formula is C17H20N2S. The molecule has 4 bridgehead atoms. The lowest BCUT2D eigenvalue weighted by atomic mass is 9.52. The summed E-state index contributed by atoms with van der Waals surface area (Å²) in [5.41, 5.74) is 7.91. The number of hydrogen-bond donors (Lipinski definition) is 1. The third-order valence-electron chi connectivity index (χ3n) is 5.94. The van der Waals surface area contributed by atoms with Crippen LogP contribution in [0.4, 0.5) is 5.69 Å². The van der Waals surface area contributed by atoms with Crippen molar-refractivity contribution in [2.24, 2.45) is 23.7 Å². The fourth-order valence-electron chi connectivity index (χ4n) is 5.43. The molecule has 0 aliphatic heterocycles. The fraction of sp³-hybridized carbons (Fsp3) is 0.588. The van der Waals surface area contributed by atoms with Crippen LogP contribution in [0.5, 0.6) is 0 Å². The number of hydrogen-bond acceptors (Lipinski definition) is 3. The zero-order valence-electron chi connectivity index (χ0n) is 11.6. The molecular weight excluding hydrogens is 264 g/mol. The van der Waals surface area contributed by atoms with Gasteiger partial charge in [0.05, 0.1) is 15.2 Å². The van der Waals surface area contributed by atoms with Crippen LogP contribution in [0.1, 0.15) is 43.0 Å². The maximum Gasteiger partial charge on any atom is 0.0975 e. The Morgan fingerprint density at radius 3 is 2.40 bits per heavy atom. The summed E-state index contributed by atoms with van der Waals surface area (Å²) >= 11 is 1.90. The van der Waals surface area contributed by atoms with Crippen molar-refractivity contribution in [2.75, 3.05) is 5.73 Å². The highest BCUT2D eigenvalue weighted by Crippen LogP contribution is 2.60. The third-order valence-corrected chi connectivity index (χ3v) is 7.06. The van der Waals surface area contributed by atoms with E-state index in [2.05, 4.69) is 12.1 Å². The molecule has 1 aromatic heterocycles. The Morgan fingerprint density at radius 2 is 1.70 bits per heavy atom. The summed E-state index contributed by atoms with van der Waals surface area (Å²) in [6, 6.07) is 6.15. The Kier molecular flexibility index (Phi) is 2.29.